The molecule has 4 nitrogen and oxygen atoms in total. The second kappa shape index (κ2) is 10.5. The molecule has 1 atom stereocenters. The van der Waals surface area contributed by atoms with Crippen molar-refractivity contribution in [1.29, 1.82) is 0 Å². The van der Waals surface area contributed by atoms with E-state index in [1.54, 1.807) is 6.07 Å². The Balaban J connectivity index is 0.00000312. The lowest BCUT2D eigenvalue weighted by molar-refractivity contribution is 0.432. The summed E-state index contributed by atoms with van der Waals surface area (Å²) in [5.41, 5.74) is 1.72. The molecular formula is C18H22ClFIN3O. The van der Waals surface area contributed by atoms with Crippen LogP contribution in [0.15, 0.2) is 47.5 Å². The fourth-order valence-electron chi connectivity index (χ4n) is 2.20. The summed E-state index contributed by atoms with van der Waals surface area (Å²) < 4.78 is 13.4. The third-order valence-electron chi connectivity index (χ3n) is 3.48. The zero-order chi connectivity index (χ0) is 17.5. The average molecular weight is 478 g/mol. The molecule has 0 spiro atoms. The molecule has 2 rings (SSSR count). The number of phenols is 1. The lowest BCUT2D eigenvalue weighted by Gasteiger charge is -2.18. The van der Waals surface area contributed by atoms with Crippen LogP contribution >= 0.6 is 35.6 Å². The van der Waals surface area contributed by atoms with Gasteiger partial charge in [-0.2, -0.15) is 0 Å². The highest BCUT2D eigenvalue weighted by molar-refractivity contribution is 14.0. The second-order valence-electron chi connectivity index (χ2n) is 5.40. The summed E-state index contributed by atoms with van der Waals surface area (Å²) in [5.74, 6) is -0.381. The SMILES string of the molecule is CCNC(=NCc1ccc(O)c(F)c1)NC(C)c1cccc(Cl)c1.I. The summed E-state index contributed by atoms with van der Waals surface area (Å²) in [6.45, 7) is 4.99. The van der Waals surface area contributed by atoms with E-state index in [0.29, 0.717) is 29.6 Å². The molecule has 0 saturated carbocycles. The number of halogens is 3. The second-order valence-corrected chi connectivity index (χ2v) is 5.84. The lowest BCUT2D eigenvalue weighted by Crippen LogP contribution is -2.38. The Hall–Kier alpha value is -1.54. The van der Waals surface area contributed by atoms with Crippen LogP contribution in [0.5, 0.6) is 5.75 Å². The highest BCUT2D eigenvalue weighted by Gasteiger charge is 2.08. The van der Waals surface area contributed by atoms with Gasteiger partial charge in [-0.3, -0.25) is 0 Å². The maximum absolute atomic E-state index is 13.4. The predicted molar refractivity (Wildman–Crippen MR) is 111 cm³/mol. The van der Waals surface area contributed by atoms with Crippen molar-refractivity contribution in [3.8, 4) is 5.75 Å². The molecule has 0 aliphatic rings. The van der Waals surface area contributed by atoms with E-state index >= 15 is 0 Å². The summed E-state index contributed by atoms with van der Waals surface area (Å²) in [5, 5.41) is 16.4. The van der Waals surface area contributed by atoms with Crippen molar-refractivity contribution < 1.29 is 9.50 Å². The maximum atomic E-state index is 13.4. The number of hydrogen-bond acceptors (Lipinski definition) is 2. The van der Waals surface area contributed by atoms with Crippen LogP contribution in [0.25, 0.3) is 0 Å². The standard InChI is InChI=1S/C18H21ClFN3O.HI/c1-3-21-18(22-11-13-7-8-17(24)16(20)9-13)23-12(2)14-5-4-6-15(19)10-14;/h4-10,12,24H,3,11H2,1-2H3,(H2,21,22,23);1H. The minimum absolute atomic E-state index is 0. The number of nitrogens with zero attached hydrogens (tertiary/aromatic N) is 1. The van der Waals surface area contributed by atoms with Gasteiger partial charge in [0, 0.05) is 11.6 Å². The first kappa shape index (κ1) is 21.5. The molecule has 0 heterocycles. The van der Waals surface area contributed by atoms with Crippen molar-refractivity contribution in [2.45, 2.75) is 26.4 Å². The largest absolute Gasteiger partial charge is 0.505 e. The number of aromatic hydroxyl groups is 1. The lowest BCUT2D eigenvalue weighted by atomic mass is 10.1. The predicted octanol–water partition coefficient (Wildman–Crippen LogP) is 4.62. The Labute approximate surface area is 169 Å². The molecule has 0 fully saturated rings. The summed E-state index contributed by atoms with van der Waals surface area (Å²) >= 11 is 6.03. The summed E-state index contributed by atoms with van der Waals surface area (Å²) in [6.07, 6.45) is 0. The van der Waals surface area contributed by atoms with Crippen molar-refractivity contribution in [2.75, 3.05) is 6.54 Å². The monoisotopic (exact) mass is 477 g/mol. The fraction of sp³-hybridized carbons (Fsp3) is 0.278. The molecule has 136 valence electrons. The smallest absolute Gasteiger partial charge is 0.192 e. The van der Waals surface area contributed by atoms with E-state index in [-0.39, 0.29) is 35.8 Å². The van der Waals surface area contributed by atoms with Gasteiger partial charge >= 0.3 is 0 Å². The number of aliphatic imine (C=N–C) groups is 1. The summed E-state index contributed by atoms with van der Waals surface area (Å²) in [6, 6.07) is 11.9. The van der Waals surface area contributed by atoms with Gasteiger partial charge in [0.05, 0.1) is 12.6 Å². The average Bonchev–Trinajstić information content (AvgIpc) is 2.56. The van der Waals surface area contributed by atoms with Crippen molar-refractivity contribution in [2.24, 2.45) is 4.99 Å². The van der Waals surface area contributed by atoms with Crippen LogP contribution in [0.4, 0.5) is 4.39 Å². The van der Waals surface area contributed by atoms with Gasteiger partial charge in [-0.15, -0.1) is 24.0 Å². The normalized spacial score (nSPS) is 12.2. The molecule has 1 unspecified atom stereocenters. The zero-order valence-corrected chi connectivity index (χ0v) is 17.2. The molecule has 0 radical (unpaired) electrons. The highest BCUT2D eigenvalue weighted by Crippen LogP contribution is 2.18. The summed E-state index contributed by atoms with van der Waals surface area (Å²) in [7, 11) is 0. The van der Waals surface area contributed by atoms with Gasteiger partial charge in [0.2, 0.25) is 0 Å². The Morgan fingerprint density at radius 1 is 1.28 bits per heavy atom. The first-order valence-corrected chi connectivity index (χ1v) is 8.15. The molecule has 0 amide bonds. The van der Waals surface area contributed by atoms with E-state index in [0.717, 1.165) is 5.56 Å². The van der Waals surface area contributed by atoms with Gasteiger partial charge < -0.3 is 15.7 Å². The quantitative estimate of drug-likeness (QED) is 0.335. The van der Waals surface area contributed by atoms with Gasteiger partial charge in [-0.1, -0.05) is 29.8 Å². The Bertz CT molecular complexity index is 727. The van der Waals surface area contributed by atoms with Gasteiger partial charge in [-0.05, 0) is 49.2 Å². The molecule has 0 aliphatic heterocycles. The number of phenolic OH excluding ortho intramolecular Hbond substituents is 1. The first-order chi connectivity index (χ1) is 11.5. The topological polar surface area (TPSA) is 56.7 Å². The van der Waals surface area contributed by atoms with Crippen LogP contribution in [0.2, 0.25) is 5.02 Å². The van der Waals surface area contributed by atoms with Crippen LogP contribution in [-0.2, 0) is 6.54 Å². The van der Waals surface area contributed by atoms with E-state index in [2.05, 4.69) is 15.6 Å². The Kier molecular flexibility index (Phi) is 8.99. The number of guanidine groups is 1. The van der Waals surface area contributed by atoms with Crippen molar-refractivity contribution in [3.05, 3.63) is 64.4 Å². The van der Waals surface area contributed by atoms with Crippen molar-refractivity contribution >= 4 is 41.5 Å². The zero-order valence-electron chi connectivity index (χ0n) is 14.1. The molecule has 2 aromatic rings. The van der Waals surface area contributed by atoms with Gasteiger partial charge in [-0.25, -0.2) is 9.38 Å². The molecule has 3 N–H and O–H groups in total. The third kappa shape index (κ3) is 6.70. The Morgan fingerprint density at radius 2 is 2.04 bits per heavy atom. The number of benzene rings is 2. The fourth-order valence-corrected chi connectivity index (χ4v) is 2.40. The van der Waals surface area contributed by atoms with E-state index in [4.69, 9.17) is 11.6 Å². The molecule has 0 aliphatic carbocycles. The minimum Gasteiger partial charge on any atom is -0.505 e. The van der Waals surface area contributed by atoms with Gasteiger partial charge in [0.25, 0.3) is 0 Å². The highest BCUT2D eigenvalue weighted by atomic mass is 127. The van der Waals surface area contributed by atoms with Crippen LogP contribution < -0.4 is 10.6 Å². The molecule has 2 aromatic carbocycles. The third-order valence-corrected chi connectivity index (χ3v) is 3.71. The van der Waals surface area contributed by atoms with E-state index < -0.39 is 5.82 Å². The first-order valence-electron chi connectivity index (χ1n) is 7.77. The van der Waals surface area contributed by atoms with Gasteiger partial charge in [0.15, 0.2) is 17.5 Å². The van der Waals surface area contributed by atoms with Crippen LogP contribution in [0.3, 0.4) is 0 Å². The van der Waals surface area contributed by atoms with E-state index in [9.17, 15) is 9.50 Å². The molecule has 25 heavy (non-hydrogen) atoms. The summed E-state index contributed by atoms with van der Waals surface area (Å²) in [4.78, 5) is 4.46. The minimum atomic E-state index is -0.645. The molecule has 7 heteroatoms. The number of nitrogens with one attached hydrogen (secondary N) is 2. The molecule has 0 bridgehead atoms. The molecule has 0 saturated heterocycles. The molecular weight excluding hydrogens is 456 g/mol. The maximum Gasteiger partial charge on any atom is 0.192 e. The van der Waals surface area contributed by atoms with E-state index in [1.807, 2.05) is 38.1 Å². The van der Waals surface area contributed by atoms with Crippen molar-refractivity contribution in [3.63, 3.8) is 0 Å². The van der Waals surface area contributed by atoms with Crippen LogP contribution in [0, 0.1) is 5.82 Å². The van der Waals surface area contributed by atoms with Crippen molar-refractivity contribution in [1.82, 2.24) is 10.6 Å². The number of rotatable bonds is 5. The van der Waals surface area contributed by atoms with E-state index in [1.165, 1.54) is 12.1 Å². The molecule has 0 aromatic heterocycles. The van der Waals surface area contributed by atoms with Gasteiger partial charge in [0.1, 0.15) is 0 Å². The van der Waals surface area contributed by atoms with Crippen LogP contribution in [0.1, 0.15) is 31.0 Å². The number of hydrogen-bond donors (Lipinski definition) is 3. The van der Waals surface area contributed by atoms with Crippen LogP contribution in [-0.4, -0.2) is 17.6 Å². The Morgan fingerprint density at radius 3 is 2.68 bits per heavy atom.